The van der Waals surface area contributed by atoms with E-state index in [1.807, 2.05) is 6.92 Å². The first-order chi connectivity index (χ1) is 12.1. The highest BCUT2D eigenvalue weighted by atomic mass is 19.1. The lowest BCUT2D eigenvalue weighted by Gasteiger charge is -2.33. The maximum absolute atomic E-state index is 14.0. The molecule has 3 heterocycles. The van der Waals surface area contributed by atoms with Crippen LogP contribution < -0.4 is 4.90 Å². The topological polar surface area (TPSA) is 23.6 Å². The van der Waals surface area contributed by atoms with Gasteiger partial charge in [0.15, 0.2) is 5.78 Å². The van der Waals surface area contributed by atoms with Crippen LogP contribution in [0.25, 0.3) is 5.57 Å². The van der Waals surface area contributed by atoms with Crippen molar-refractivity contribution in [3.63, 3.8) is 0 Å². The lowest BCUT2D eigenvalue weighted by atomic mass is 9.89. The lowest BCUT2D eigenvalue weighted by molar-refractivity contribution is 0.104. The number of piperidine rings is 1. The average Bonchev–Trinajstić information content (AvgIpc) is 2.83. The van der Waals surface area contributed by atoms with E-state index in [0.717, 1.165) is 35.5 Å². The van der Waals surface area contributed by atoms with Crippen molar-refractivity contribution in [2.45, 2.75) is 32.2 Å². The fourth-order valence-electron chi connectivity index (χ4n) is 4.87. The lowest BCUT2D eigenvalue weighted by Crippen LogP contribution is -2.37. The number of rotatable bonds is 1. The van der Waals surface area contributed by atoms with Crippen molar-refractivity contribution < 1.29 is 9.18 Å². The number of nitrogens with zero attached hydrogens (tertiary/aromatic N) is 2. The monoisotopic (exact) mass is 338 g/mol. The van der Waals surface area contributed by atoms with Crippen LogP contribution >= 0.6 is 0 Å². The Morgan fingerprint density at radius 2 is 1.88 bits per heavy atom. The van der Waals surface area contributed by atoms with E-state index in [-0.39, 0.29) is 17.5 Å². The molecule has 6 rings (SSSR count). The summed E-state index contributed by atoms with van der Waals surface area (Å²) < 4.78 is 14.0. The van der Waals surface area contributed by atoms with Crippen LogP contribution in [0, 0.1) is 5.92 Å². The highest BCUT2D eigenvalue weighted by Gasteiger charge is 2.35. The minimum absolute atomic E-state index is 0.00299. The summed E-state index contributed by atoms with van der Waals surface area (Å²) in [6, 6.07) is 6.88. The fraction of sp³-hybridized carbons (Fsp3) is 0.476. The molecule has 1 aromatic rings. The number of halogens is 1. The van der Waals surface area contributed by atoms with Gasteiger partial charge in [-0.05, 0) is 48.6 Å². The second kappa shape index (κ2) is 5.53. The number of carbonyl (C=O) groups is 1. The summed E-state index contributed by atoms with van der Waals surface area (Å²) in [5.74, 6) is -0.303. The molecule has 3 aliphatic heterocycles. The number of ketones is 1. The van der Waals surface area contributed by atoms with Crippen LogP contribution in [0.2, 0.25) is 0 Å². The average molecular weight is 338 g/mol. The van der Waals surface area contributed by atoms with Crippen molar-refractivity contribution in [3.8, 4) is 0 Å². The normalized spacial score (nSPS) is 31.0. The molecule has 1 atom stereocenters. The summed E-state index contributed by atoms with van der Waals surface area (Å²) in [6.07, 6.45) is 4.49. The van der Waals surface area contributed by atoms with Crippen LogP contribution in [0.5, 0.6) is 0 Å². The maximum atomic E-state index is 14.0. The van der Waals surface area contributed by atoms with Crippen LogP contribution in [0.1, 0.15) is 42.1 Å². The molecule has 1 unspecified atom stereocenters. The van der Waals surface area contributed by atoms with E-state index in [1.54, 1.807) is 0 Å². The minimum Gasteiger partial charge on any atom is -0.367 e. The first kappa shape index (κ1) is 15.3. The molecule has 2 aliphatic carbocycles. The predicted octanol–water partition coefficient (Wildman–Crippen LogP) is 3.81. The Balaban J connectivity index is 1.52. The van der Waals surface area contributed by atoms with E-state index in [2.05, 4.69) is 28.0 Å². The zero-order valence-corrected chi connectivity index (χ0v) is 14.6. The van der Waals surface area contributed by atoms with Crippen LogP contribution in [0.3, 0.4) is 0 Å². The zero-order chi connectivity index (χ0) is 17.1. The van der Waals surface area contributed by atoms with E-state index in [0.29, 0.717) is 18.0 Å². The van der Waals surface area contributed by atoms with E-state index >= 15 is 0 Å². The third-order valence-corrected chi connectivity index (χ3v) is 6.39. The first-order valence-corrected chi connectivity index (χ1v) is 9.40. The van der Waals surface area contributed by atoms with Gasteiger partial charge >= 0.3 is 0 Å². The predicted molar refractivity (Wildman–Crippen MR) is 97.5 cm³/mol. The molecule has 5 aliphatic rings. The van der Waals surface area contributed by atoms with Gasteiger partial charge in [-0.3, -0.25) is 4.79 Å². The summed E-state index contributed by atoms with van der Waals surface area (Å²) in [6.45, 7) is 6.37. The Hall–Kier alpha value is -1.94. The number of allylic oxidation sites excluding steroid dienone is 4. The summed E-state index contributed by atoms with van der Waals surface area (Å²) in [4.78, 5) is 17.9. The highest BCUT2D eigenvalue weighted by molar-refractivity contribution is 6.23. The largest absolute Gasteiger partial charge is 0.367 e. The zero-order valence-electron chi connectivity index (χ0n) is 14.6. The molecule has 0 radical (unpaired) electrons. The number of hydrogen-bond donors (Lipinski definition) is 0. The highest BCUT2D eigenvalue weighted by Crippen LogP contribution is 2.44. The molecule has 1 aromatic carbocycles. The maximum Gasteiger partial charge on any atom is 0.194 e. The summed E-state index contributed by atoms with van der Waals surface area (Å²) in [7, 11) is 0. The molecule has 0 saturated carbocycles. The van der Waals surface area contributed by atoms with Gasteiger partial charge in [0.25, 0.3) is 0 Å². The molecule has 0 aromatic heterocycles. The number of fused-ring (bicyclic) bond motifs is 6. The molecular weight excluding hydrogens is 315 g/mol. The Morgan fingerprint density at radius 3 is 2.68 bits per heavy atom. The van der Waals surface area contributed by atoms with Crippen LogP contribution in [-0.4, -0.2) is 42.9 Å². The van der Waals surface area contributed by atoms with Gasteiger partial charge in [0, 0.05) is 55.0 Å². The molecule has 2 bridgehead atoms. The molecule has 3 nitrogen and oxygen atoms in total. The van der Waals surface area contributed by atoms with Crippen molar-refractivity contribution >= 4 is 17.0 Å². The fourth-order valence-corrected chi connectivity index (χ4v) is 4.87. The van der Waals surface area contributed by atoms with E-state index in [1.165, 1.54) is 32.0 Å². The summed E-state index contributed by atoms with van der Waals surface area (Å²) in [5.41, 5.74) is 4.54. The third kappa shape index (κ3) is 2.30. The number of anilines is 1. The number of Topliss-reactive ketones (excluding diaryl/α,β-unsaturated/α-hetero) is 1. The Bertz CT molecular complexity index is 817. The Labute approximate surface area is 147 Å². The minimum atomic E-state index is -0.168. The van der Waals surface area contributed by atoms with E-state index in [9.17, 15) is 9.18 Å². The molecule has 0 spiro atoms. The van der Waals surface area contributed by atoms with Crippen molar-refractivity contribution in [3.05, 3.63) is 46.8 Å². The molecule has 25 heavy (non-hydrogen) atoms. The third-order valence-electron chi connectivity index (χ3n) is 6.39. The van der Waals surface area contributed by atoms with Gasteiger partial charge < -0.3 is 9.80 Å². The number of carbonyl (C=O) groups excluding carboxylic acids is 1. The van der Waals surface area contributed by atoms with Gasteiger partial charge in [-0.15, -0.1) is 0 Å². The van der Waals surface area contributed by atoms with Crippen molar-refractivity contribution in [1.82, 2.24) is 4.90 Å². The van der Waals surface area contributed by atoms with Gasteiger partial charge in [-0.2, -0.15) is 0 Å². The molecular formula is C21H23FN2O. The van der Waals surface area contributed by atoms with Gasteiger partial charge in [0.2, 0.25) is 0 Å². The first-order valence-electron chi connectivity index (χ1n) is 9.40. The van der Waals surface area contributed by atoms with Crippen molar-refractivity contribution in [2.24, 2.45) is 5.92 Å². The molecule has 0 amide bonds. The molecule has 3 fully saturated rings. The van der Waals surface area contributed by atoms with Gasteiger partial charge in [0.1, 0.15) is 5.83 Å². The van der Waals surface area contributed by atoms with Gasteiger partial charge in [0.05, 0.1) is 0 Å². The Morgan fingerprint density at radius 1 is 1.08 bits per heavy atom. The molecule has 3 saturated heterocycles. The Kier molecular flexibility index (Phi) is 3.39. The molecule has 0 N–H and O–H groups in total. The summed E-state index contributed by atoms with van der Waals surface area (Å²) >= 11 is 0. The second-order valence-corrected chi connectivity index (χ2v) is 7.85. The van der Waals surface area contributed by atoms with Gasteiger partial charge in [-0.25, -0.2) is 4.39 Å². The van der Waals surface area contributed by atoms with Crippen LogP contribution in [0.4, 0.5) is 10.1 Å². The van der Waals surface area contributed by atoms with Crippen molar-refractivity contribution in [1.29, 1.82) is 0 Å². The van der Waals surface area contributed by atoms with E-state index < -0.39 is 0 Å². The van der Waals surface area contributed by atoms with Gasteiger partial charge in [-0.1, -0.05) is 13.0 Å². The van der Waals surface area contributed by atoms with Crippen molar-refractivity contribution in [2.75, 3.05) is 31.1 Å². The quantitative estimate of drug-likeness (QED) is 0.778. The summed E-state index contributed by atoms with van der Waals surface area (Å²) in [5, 5.41) is 0. The molecule has 130 valence electrons. The van der Waals surface area contributed by atoms with Crippen LogP contribution in [0.15, 0.2) is 35.7 Å². The SMILES string of the molecule is CC1CC2=C(C=C1F)C(=O)c1cc(N3CCN4CCC3CC4)ccc12. The smallest absolute Gasteiger partial charge is 0.194 e. The standard InChI is InChI=1S/C21H23FN2O/c1-13-10-17-16-3-2-15(11-18(16)21(25)19(17)12-20(13)22)24-9-8-23-6-4-14(24)5-7-23/h2-3,11-14H,4-10H2,1H3. The number of benzene rings is 1. The van der Waals surface area contributed by atoms with Crippen LogP contribution in [-0.2, 0) is 0 Å². The molecule has 4 heteroatoms. The van der Waals surface area contributed by atoms with E-state index in [4.69, 9.17) is 0 Å². The number of hydrogen-bond acceptors (Lipinski definition) is 3. The second-order valence-electron chi connectivity index (χ2n) is 7.85.